The van der Waals surface area contributed by atoms with E-state index in [0.29, 0.717) is 18.6 Å². The third kappa shape index (κ3) is 5.69. The summed E-state index contributed by atoms with van der Waals surface area (Å²) >= 11 is 0. The molecule has 3 aromatic rings. The number of likely N-dealkylation sites (N-methyl/N-ethyl adjacent to an activating group) is 1. The maximum atomic E-state index is 13.0. The maximum absolute atomic E-state index is 13.0. The number of nitrogens with zero attached hydrogens (tertiary/aromatic N) is 1. The van der Waals surface area contributed by atoms with Crippen LogP contribution in [-0.4, -0.2) is 48.8 Å². The minimum absolute atomic E-state index is 0.175. The van der Waals surface area contributed by atoms with Crippen molar-refractivity contribution in [3.05, 3.63) is 95.1 Å². The first-order valence-corrected chi connectivity index (χ1v) is 11.6. The molecule has 33 heavy (non-hydrogen) atoms. The number of nitrogens with one attached hydrogen (secondary N) is 1. The van der Waals surface area contributed by atoms with E-state index in [1.807, 2.05) is 61.5 Å². The van der Waals surface area contributed by atoms with Gasteiger partial charge in [-0.15, -0.1) is 0 Å². The van der Waals surface area contributed by atoms with Crippen LogP contribution in [0.25, 0.3) is 11.1 Å². The molecule has 0 aliphatic heterocycles. The average Bonchev–Trinajstić information content (AvgIpc) is 3.14. The average molecular weight is 445 g/mol. The number of carbonyl (C=O) groups excluding carboxylic acids is 1. The van der Waals surface area contributed by atoms with E-state index >= 15 is 0 Å². The molecule has 1 aliphatic carbocycles. The van der Waals surface area contributed by atoms with E-state index in [-0.39, 0.29) is 5.91 Å². The molecule has 0 heterocycles. The van der Waals surface area contributed by atoms with Crippen molar-refractivity contribution < 1.29 is 14.6 Å². The number of amides is 1. The molecule has 5 nitrogen and oxygen atoms in total. The molecule has 5 heteroatoms. The Morgan fingerprint density at radius 3 is 2.52 bits per heavy atom. The minimum Gasteiger partial charge on any atom is -0.390 e. The lowest BCUT2D eigenvalue weighted by Crippen LogP contribution is -2.34. The third-order valence-electron chi connectivity index (χ3n) is 6.17. The van der Waals surface area contributed by atoms with Crippen LogP contribution in [0.15, 0.2) is 72.8 Å². The van der Waals surface area contributed by atoms with Gasteiger partial charge in [0.1, 0.15) is 0 Å². The predicted molar refractivity (Wildman–Crippen MR) is 131 cm³/mol. The van der Waals surface area contributed by atoms with Crippen LogP contribution in [0.5, 0.6) is 0 Å². The standard InChI is InChI=1S/C28H32N2O3/c1-3-33-16-15-30(2)19-20-9-10-24-18-26(31)27(25(24)17-20)29-28(32)23-13-11-22(12-14-23)21-7-5-4-6-8-21/h4-14,17,26-27,31H,3,15-16,18-19H2,1-2H3,(H,29,32)/t26-,27?/m1/s1. The molecule has 1 aliphatic rings. The van der Waals surface area contributed by atoms with Gasteiger partial charge < -0.3 is 15.2 Å². The summed E-state index contributed by atoms with van der Waals surface area (Å²) < 4.78 is 5.44. The van der Waals surface area contributed by atoms with E-state index in [9.17, 15) is 9.90 Å². The second-order valence-electron chi connectivity index (χ2n) is 8.63. The molecule has 0 saturated heterocycles. The highest BCUT2D eigenvalue weighted by atomic mass is 16.5. The Kier molecular flexibility index (Phi) is 7.55. The zero-order valence-electron chi connectivity index (χ0n) is 19.3. The van der Waals surface area contributed by atoms with Gasteiger partial charge in [-0.3, -0.25) is 9.69 Å². The van der Waals surface area contributed by atoms with Crippen molar-refractivity contribution in [3.8, 4) is 11.1 Å². The van der Waals surface area contributed by atoms with Gasteiger partial charge in [0.2, 0.25) is 0 Å². The zero-order valence-corrected chi connectivity index (χ0v) is 19.3. The molecule has 0 saturated carbocycles. The third-order valence-corrected chi connectivity index (χ3v) is 6.17. The molecule has 2 atom stereocenters. The van der Waals surface area contributed by atoms with Gasteiger partial charge in [-0.1, -0.05) is 60.7 Å². The van der Waals surface area contributed by atoms with Gasteiger partial charge in [-0.05, 0) is 53.9 Å². The number of carbonyl (C=O) groups is 1. The zero-order chi connectivity index (χ0) is 23.2. The summed E-state index contributed by atoms with van der Waals surface area (Å²) in [5, 5.41) is 13.7. The lowest BCUT2D eigenvalue weighted by Gasteiger charge is -2.20. The lowest BCUT2D eigenvalue weighted by molar-refractivity contribution is 0.0858. The first-order valence-electron chi connectivity index (χ1n) is 11.6. The summed E-state index contributed by atoms with van der Waals surface area (Å²) in [6.45, 7) is 5.07. The van der Waals surface area contributed by atoms with Gasteiger partial charge in [0.15, 0.2) is 0 Å². The van der Waals surface area contributed by atoms with E-state index in [1.54, 1.807) is 0 Å². The Morgan fingerprint density at radius 1 is 1.06 bits per heavy atom. The van der Waals surface area contributed by atoms with E-state index in [2.05, 4.69) is 35.5 Å². The summed E-state index contributed by atoms with van der Waals surface area (Å²) in [4.78, 5) is 15.2. The second kappa shape index (κ2) is 10.8. The number of fused-ring (bicyclic) bond motifs is 1. The van der Waals surface area contributed by atoms with Crippen LogP contribution >= 0.6 is 0 Å². The number of hydrogen-bond acceptors (Lipinski definition) is 4. The SMILES string of the molecule is CCOCCN(C)Cc1ccc2c(c1)C(NC(=O)c1ccc(-c3ccccc3)cc1)[C@H](O)C2. The van der Waals surface area contributed by atoms with Gasteiger partial charge >= 0.3 is 0 Å². The molecule has 0 radical (unpaired) electrons. The Balaban J connectivity index is 1.44. The number of ether oxygens (including phenoxy) is 1. The highest BCUT2D eigenvalue weighted by molar-refractivity contribution is 5.95. The summed E-state index contributed by atoms with van der Waals surface area (Å²) in [6.07, 6.45) is -0.0771. The monoisotopic (exact) mass is 444 g/mol. The molecule has 0 bridgehead atoms. The Hall–Kier alpha value is -2.99. The van der Waals surface area contributed by atoms with Crippen LogP contribution in [0, 0.1) is 0 Å². The molecule has 1 amide bonds. The summed E-state index contributed by atoms with van der Waals surface area (Å²) in [5.74, 6) is -0.175. The summed E-state index contributed by atoms with van der Waals surface area (Å²) in [6, 6.07) is 23.6. The van der Waals surface area contributed by atoms with Gasteiger partial charge in [0.05, 0.1) is 18.8 Å². The molecule has 0 fully saturated rings. The molecule has 3 aromatic carbocycles. The Morgan fingerprint density at radius 2 is 1.79 bits per heavy atom. The van der Waals surface area contributed by atoms with Crippen LogP contribution in [0.4, 0.5) is 0 Å². The van der Waals surface area contributed by atoms with E-state index < -0.39 is 12.1 Å². The van der Waals surface area contributed by atoms with Gasteiger partial charge in [0, 0.05) is 31.7 Å². The van der Waals surface area contributed by atoms with Crippen LogP contribution in [0.2, 0.25) is 0 Å². The van der Waals surface area contributed by atoms with Crippen LogP contribution in [-0.2, 0) is 17.7 Å². The van der Waals surface area contributed by atoms with Crippen molar-refractivity contribution in [2.45, 2.75) is 32.0 Å². The maximum Gasteiger partial charge on any atom is 0.251 e. The molecule has 4 rings (SSSR count). The molecular weight excluding hydrogens is 412 g/mol. The molecular formula is C28H32N2O3. The Bertz CT molecular complexity index is 1070. The number of hydrogen-bond donors (Lipinski definition) is 2. The van der Waals surface area contributed by atoms with Gasteiger partial charge in [-0.25, -0.2) is 0 Å². The number of rotatable bonds is 9. The quantitative estimate of drug-likeness (QED) is 0.486. The van der Waals surface area contributed by atoms with Crippen LogP contribution in [0.3, 0.4) is 0 Å². The second-order valence-corrected chi connectivity index (χ2v) is 8.63. The topological polar surface area (TPSA) is 61.8 Å². The normalized spacial score (nSPS) is 17.2. The van der Waals surface area contributed by atoms with Crippen LogP contribution < -0.4 is 5.32 Å². The molecule has 2 N–H and O–H groups in total. The fraction of sp³-hybridized carbons (Fsp3) is 0.321. The molecule has 0 aromatic heterocycles. The van der Waals surface area contributed by atoms with Gasteiger partial charge in [-0.2, -0.15) is 0 Å². The van der Waals surface area contributed by atoms with Crippen molar-refractivity contribution in [1.29, 1.82) is 0 Å². The highest BCUT2D eigenvalue weighted by Gasteiger charge is 2.32. The van der Waals surface area contributed by atoms with Crippen molar-refractivity contribution >= 4 is 5.91 Å². The van der Waals surface area contributed by atoms with E-state index in [0.717, 1.165) is 47.5 Å². The first-order chi connectivity index (χ1) is 16.0. The minimum atomic E-state index is -0.626. The summed E-state index contributed by atoms with van der Waals surface area (Å²) in [5.41, 5.74) is 6.02. The molecule has 0 spiro atoms. The number of aliphatic hydroxyl groups is 1. The number of aliphatic hydroxyl groups excluding tert-OH is 1. The predicted octanol–water partition coefficient (Wildman–Crippen LogP) is 4.21. The van der Waals surface area contributed by atoms with Gasteiger partial charge in [0.25, 0.3) is 5.91 Å². The fourth-order valence-electron chi connectivity index (χ4n) is 4.37. The van der Waals surface area contributed by atoms with Crippen molar-refractivity contribution in [2.75, 3.05) is 26.8 Å². The van der Waals surface area contributed by atoms with Crippen LogP contribution in [0.1, 0.15) is 40.0 Å². The largest absolute Gasteiger partial charge is 0.390 e. The first kappa shape index (κ1) is 23.2. The van der Waals surface area contributed by atoms with E-state index in [1.165, 1.54) is 0 Å². The van der Waals surface area contributed by atoms with Crippen molar-refractivity contribution in [3.63, 3.8) is 0 Å². The van der Waals surface area contributed by atoms with E-state index in [4.69, 9.17) is 4.74 Å². The highest BCUT2D eigenvalue weighted by Crippen LogP contribution is 2.33. The Labute approximate surface area is 196 Å². The number of benzene rings is 3. The lowest BCUT2D eigenvalue weighted by atomic mass is 10.0. The van der Waals surface area contributed by atoms with Crippen molar-refractivity contribution in [2.24, 2.45) is 0 Å². The molecule has 1 unspecified atom stereocenters. The molecule has 172 valence electrons. The van der Waals surface area contributed by atoms with Crippen molar-refractivity contribution in [1.82, 2.24) is 10.2 Å². The fourth-order valence-corrected chi connectivity index (χ4v) is 4.37. The summed E-state index contributed by atoms with van der Waals surface area (Å²) in [7, 11) is 2.07. The smallest absolute Gasteiger partial charge is 0.251 e.